The van der Waals surface area contributed by atoms with Gasteiger partial charge < -0.3 is 4.57 Å². The maximum absolute atomic E-state index is 12.9. The van der Waals surface area contributed by atoms with Gasteiger partial charge in [-0.15, -0.1) is 11.3 Å². The molecule has 3 aromatic heterocycles. The van der Waals surface area contributed by atoms with Crippen LogP contribution in [0.5, 0.6) is 0 Å². The van der Waals surface area contributed by atoms with Crippen LogP contribution in [0, 0.1) is 13.8 Å². The number of rotatable bonds is 4. The molecule has 4 aromatic rings. The highest BCUT2D eigenvalue weighted by molar-refractivity contribution is 7.13. The summed E-state index contributed by atoms with van der Waals surface area (Å²) in [5, 5.41) is 7.91. The average molecular weight is 377 g/mol. The van der Waals surface area contributed by atoms with Gasteiger partial charge in [-0.05, 0) is 37.4 Å². The Morgan fingerprint density at radius 1 is 1.11 bits per heavy atom. The van der Waals surface area contributed by atoms with Gasteiger partial charge in [0.25, 0.3) is 5.56 Å². The van der Waals surface area contributed by atoms with Gasteiger partial charge in [0.1, 0.15) is 12.2 Å². The van der Waals surface area contributed by atoms with Crippen LogP contribution in [0.4, 0.5) is 0 Å². The van der Waals surface area contributed by atoms with Crippen LogP contribution in [0.1, 0.15) is 21.7 Å². The fraction of sp³-hybridized carbons (Fsp3) is 0.190. The smallest absolute Gasteiger partial charge is 0.275 e. The lowest BCUT2D eigenvalue weighted by Crippen LogP contribution is -2.27. The number of carbonyl (C=O) groups excluding carboxylic acids is 1. The van der Waals surface area contributed by atoms with Crippen molar-refractivity contribution < 1.29 is 4.79 Å². The van der Waals surface area contributed by atoms with Crippen molar-refractivity contribution in [1.82, 2.24) is 14.3 Å². The molecular weight excluding hydrogens is 358 g/mol. The fourth-order valence-electron chi connectivity index (χ4n) is 3.30. The van der Waals surface area contributed by atoms with Crippen LogP contribution in [0.15, 0.2) is 52.6 Å². The van der Waals surface area contributed by atoms with Gasteiger partial charge >= 0.3 is 0 Å². The van der Waals surface area contributed by atoms with E-state index in [4.69, 9.17) is 0 Å². The second kappa shape index (κ2) is 6.63. The number of thiophene rings is 1. The van der Waals surface area contributed by atoms with Crippen molar-refractivity contribution in [2.24, 2.45) is 7.05 Å². The Hall–Kier alpha value is -2.99. The maximum Gasteiger partial charge on any atom is 0.275 e. The van der Waals surface area contributed by atoms with Gasteiger partial charge in [-0.2, -0.15) is 5.10 Å². The van der Waals surface area contributed by atoms with Gasteiger partial charge in [0.05, 0.1) is 10.3 Å². The van der Waals surface area contributed by atoms with Crippen molar-refractivity contribution in [1.29, 1.82) is 0 Å². The zero-order chi connectivity index (χ0) is 19.1. The number of Topliss-reactive ketones (excluding diaryl/α,β-unsaturated/α-hetero) is 1. The Balaban J connectivity index is 1.85. The zero-order valence-corrected chi connectivity index (χ0v) is 16.2. The van der Waals surface area contributed by atoms with E-state index in [0.29, 0.717) is 10.9 Å². The molecule has 27 heavy (non-hydrogen) atoms. The predicted molar refractivity (Wildman–Crippen MR) is 109 cm³/mol. The predicted octanol–water partition coefficient (Wildman–Crippen LogP) is 3.96. The van der Waals surface area contributed by atoms with Crippen molar-refractivity contribution in [3.8, 4) is 10.6 Å². The van der Waals surface area contributed by atoms with Crippen molar-refractivity contribution in [2.45, 2.75) is 20.4 Å². The number of carbonyl (C=O) groups is 1. The van der Waals surface area contributed by atoms with Gasteiger partial charge in [-0.3, -0.25) is 9.59 Å². The Labute approximate surface area is 160 Å². The van der Waals surface area contributed by atoms with Crippen molar-refractivity contribution in [3.05, 3.63) is 75.1 Å². The molecule has 0 bridgehead atoms. The molecule has 0 atom stereocenters. The highest BCUT2D eigenvalue weighted by Crippen LogP contribution is 2.28. The summed E-state index contributed by atoms with van der Waals surface area (Å²) < 4.78 is 3.27. The van der Waals surface area contributed by atoms with Gasteiger partial charge in [0, 0.05) is 29.4 Å². The third-order valence-electron chi connectivity index (χ3n) is 4.99. The lowest BCUT2D eigenvalue weighted by molar-refractivity contribution is 0.0965. The molecule has 0 saturated carbocycles. The molecule has 4 rings (SSSR count). The number of ketones is 1. The first-order chi connectivity index (χ1) is 13.0. The van der Waals surface area contributed by atoms with Crippen molar-refractivity contribution >= 4 is 27.9 Å². The van der Waals surface area contributed by atoms with E-state index in [-0.39, 0.29) is 17.9 Å². The van der Waals surface area contributed by atoms with E-state index >= 15 is 0 Å². The zero-order valence-electron chi connectivity index (χ0n) is 15.4. The highest BCUT2D eigenvalue weighted by Gasteiger charge is 2.18. The van der Waals surface area contributed by atoms with Gasteiger partial charge in [0.2, 0.25) is 0 Å². The Bertz CT molecular complexity index is 1220. The van der Waals surface area contributed by atoms with E-state index in [9.17, 15) is 9.59 Å². The number of nitrogens with zero attached hydrogens (tertiary/aromatic N) is 3. The van der Waals surface area contributed by atoms with Crippen LogP contribution >= 0.6 is 11.3 Å². The minimum Gasteiger partial charge on any atom is -0.351 e. The van der Waals surface area contributed by atoms with Gasteiger partial charge in [0.15, 0.2) is 5.78 Å². The van der Waals surface area contributed by atoms with E-state index in [1.54, 1.807) is 17.4 Å². The fourth-order valence-corrected chi connectivity index (χ4v) is 4.02. The Morgan fingerprint density at radius 2 is 1.85 bits per heavy atom. The summed E-state index contributed by atoms with van der Waals surface area (Å²) in [5.74, 6) is -0.113. The Morgan fingerprint density at radius 3 is 2.48 bits per heavy atom. The largest absolute Gasteiger partial charge is 0.351 e. The van der Waals surface area contributed by atoms with E-state index in [1.165, 1.54) is 4.68 Å². The number of aromatic nitrogens is 3. The van der Waals surface area contributed by atoms with Crippen molar-refractivity contribution in [3.63, 3.8) is 0 Å². The lowest BCUT2D eigenvalue weighted by atomic mass is 10.1. The minimum absolute atomic E-state index is 0.0770. The van der Waals surface area contributed by atoms with Crippen LogP contribution in [-0.2, 0) is 13.6 Å². The van der Waals surface area contributed by atoms with Crippen LogP contribution in [0.2, 0.25) is 0 Å². The molecule has 0 radical (unpaired) electrons. The molecular formula is C21H19N3O2S. The summed E-state index contributed by atoms with van der Waals surface area (Å²) in [6.45, 7) is 3.79. The van der Waals surface area contributed by atoms with E-state index in [1.807, 2.05) is 67.2 Å². The lowest BCUT2D eigenvalue weighted by Gasteiger charge is -2.10. The number of hydrogen-bond acceptors (Lipinski definition) is 4. The molecule has 3 heterocycles. The van der Waals surface area contributed by atoms with Gasteiger partial charge in [-0.1, -0.05) is 24.3 Å². The molecule has 0 saturated heterocycles. The number of fused-ring (bicyclic) bond motifs is 1. The summed E-state index contributed by atoms with van der Waals surface area (Å²) in [5.41, 5.74) is 3.02. The van der Waals surface area contributed by atoms with Crippen LogP contribution in [0.25, 0.3) is 21.3 Å². The molecule has 0 fully saturated rings. The Kier molecular flexibility index (Phi) is 4.28. The second-order valence-electron chi connectivity index (χ2n) is 6.60. The number of aryl methyl sites for hydroxylation is 1. The molecule has 0 aliphatic rings. The molecule has 0 N–H and O–H groups in total. The summed E-state index contributed by atoms with van der Waals surface area (Å²) in [4.78, 5) is 26.8. The summed E-state index contributed by atoms with van der Waals surface area (Å²) in [7, 11) is 1.93. The summed E-state index contributed by atoms with van der Waals surface area (Å²) in [6, 6.07) is 13.2. The molecule has 0 spiro atoms. The van der Waals surface area contributed by atoms with E-state index in [0.717, 1.165) is 27.3 Å². The molecule has 5 nitrogen and oxygen atoms in total. The highest BCUT2D eigenvalue weighted by atomic mass is 32.1. The molecule has 136 valence electrons. The normalized spacial score (nSPS) is 11.2. The van der Waals surface area contributed by atoms with Gasteiger partial charge in [-0.25, -0.2) is 4.68 Å². The molecule has 0 amide bonds. The molecule has 0 aliphatic carbocycles. The third kappa shape index (κ3) is 2.92. The third-order valence-corrected chi connectivity index (χ3v) is 5.87. The SMILES string of the molecule is Cc1cc(C(=O)Cn2nc(-c3cccs3)c3ccccc3c2=O)c(C)n1C. The van der Waals surface area contributed by atoms with Crippen LogP contribution in [-0.4, -0.2) is 20.1 Å². The number of benzene rings is 1. The maximum atomic E-state index is 12.9. The first kappa shape index (κ1) is 17.4. The van der Waals surface area contributed by atoms with Crippen molar-refractivity contribution in [2.75, 3.05) is 0 Å². The standard InChI is InChI=1S/C21H19N3O2S/c1-13-11-17(14(2)23(13)3)18(25)12-24-21(26)16-8-5-4-7-15(16)20(22-24)19-9-6-10-27-19/h4-11H,12H2,1-3H3. The second-order valence-corrected chi connectivity index (χ2v) is 7.55. The topological polar surface area (TPSA) is 56.9 Å². The molecule has 0 aliphatic heterocycles. The van der Waals surface area contributed by atoms with E-state index in [2.05, 4.69) is 5.10 Å². The first-order valence-corrected chi connectivity index (χ1v) is 9.55. The monoisotopic (exact) mass is 377 g/mol. The molecule has 6 heteroatoms. The van der Waals surface area contributed by atoms with Crippen LogP contribution < -0.4 is 5.56 Å². The number of hydrogen-bond donors (Lipinski definition) is 0. The summed E-state index contributed by atoms with van der Waals surface area (Å²) in [6.07, 6.45) is 0. The summed E-state index contributed by atoms with van der Waals surface area (Å²) >= 11 is 1.56. The average Bonchev–Trinajstić information content (AvgIpc) is 3.29. The first-order valence-electron chi connectivity index (χ1n) is 8.67. The quantitative estimate of drug-likeness (QED) is 0.506. The van der Waals surface area contributed by atoms with Crippen LogP contribution in [0.3, 0.4) is 0 Å². The molecule has 0 unspecified atom stereocenters. The van der Waals surface area contributed by atoms with E-state index < -0.39 is 0 Å². The minimum atomic E-state index is -0.246. The molecule has 1 aromatic carbocycles.